The van der Waals surface area contributed by atoms with E-state index in [-0.39, 0.29) is 17.5 Å². The number of anilines is 2. The van der Waals surface area contributed by atoms with Crippen LogP contribution in [0, 0.1) is 6.92 Å². The van der Waals surface area contributed by atoms with E-state index >= 15 is 0 Å². The molecule has 1 aliphatic heterocycles. The topological polar surface area (TPSA) is 75.5 Å². The number of fused-ring (bicyclic) bond motifs is 1. The SMILES string of the molecule is Cc1cccc(N(C)C(=O)Cn2cnc(S(=O)(=O)N3CCc4ccccc43)c2)c1. The van der Waals surface area contributed by atoms with Gasteiger partial charge in [-0.2, -0.15) is 8.42 Å². The molecule has 0 N–H and O–H groups in total. The average Bonchev–Trinajstić information content (AvgIpc) is 3.35. The number of aromatic nitrogens is 2. The Hall–Kier alpha value is -3.13. The van der Waals surface area contributed by atoms with Crippen molar-refractivity contribution in [2.75, 3.05) is 22.8 Å². The predicted molar refractivity (Wildman–Crippen MR) is 111 cm³/mol. The van der Waals surface area contributed by atoms with E-state index in [0.29, 0.717) is 18.7 Å². The third-order valence-corrected chi connectivity index (χ3v) is 6.79. The van der Waals surface area contributed by atoms with Crippen LogP contribution in [0.15, 0.2) is 66.1 Å². The summed E-state index contributed by atoms with van der Waals surface area (Å²) < 4.78 is 29.0. The van der Waals surface area contributed by atoms with Gasteiger partial charge in [0.05, 0.1) is 12.0 Å². The lowest BCUT2D eigenvalue weighted by molar-refractivity contribution is -0.118. The molecule has 0 saturated heterocycles. The third-order valence-electron chi connectivity index (χ3n) is 5.09. The molecule has 0 unspecified atom stereocenters. The second-order valence-electron chi connectivity index (χ2n) is 7.13. The van der Waals surface area contributed by atoms with Crippen LogP contribution in [0.1, 0.15) is 11.1 Å². The maximum atomic E-state index is 13.0. The van der Waals surface area contributed by atoms with Gasteiger partial charge in [0.2, 0.25) is 5.91 Å². The van der Waals surface area contributed by atoms with Gasteiger partial charge in [0.15, 0.2) is 5.03 Å². The normalized spacial score (nSPS) is 13.4. The van der Waals surface area contributed by atoms with Crippen molar-refractivity contribution in [1.82, 2.24) is 9.55 Å². The quantitative estimate of drug-likeness (QED) is 0.648. The van der Waals surface area contributed by atoms with Crippen molar-refractivity contribution in [1.29, 1.82) is 0 Å². The van der Waals surface area contributed by atoms with Gasteiger partial charge in [0.25, 0.3) is 10.0 Å². The van der Waals surface area contributed by atoms with E-state index in [1.807, 2.05) is 49.4 Å². The Morgan fingerprint density at radius 3 is 2.76 bits per heavy atom. The van der Waals surface area contributed by atoms with Gasteiger partial charge in [-0.05, 0) is 42.7 Å². The van der Waals surface area contributed by atoms with E-state index in [9.17, 15) is 13.2 Å². The molecule has 29 heavy (non-hydrogen) atoms. The maximum absolute atomic E-state index is 13.0. The number of hydrogen-bond donors (Lipinski definition) is 0. The summed E-state index contributed by atoms with van der Waals surface area (Å²) in [7, 11) is -2.07. The summed E-state index contributed by atoms with van der Waals surface area (Å²) in [6.07, 6.45) is 3.48. The molecule has 7 nitrogen and oxygen atoms in total. The van der Waals surface area contributed by atoms with E-state index in [2.05, 4.69) is 4.98 Å². The number of aryl methyl sites for hydroxylation is 1. The van der Waals surface area contributed by atoms with Gasteiger partial charge < -0.3 is 9.47 Å². The molecule has 1 aromatic heterocycles. The number of carbonyl (C=O) groups excluding carboxylic acids is 1. The number of hydrogen-bond acceptors (Lipinski definition) is 4. The molecule has 4 rings (SSSR count). The van der Waals surface area contributed by atoms with Gasteiger partial charge >= 0.3 is 0 Å². The highest BCUT2D eigenvalue weighted by Crippen LogP contribution is 2.32. The summed E-state index contributed by atoms with van der Waals surface area (Å²) in [5.41, 5.74) is 3.54. The standard InChI is InChI=1S/C21H22N4O3S/c1-16-6-5-8-18(12-16)23(2)21(26)14-24-13-20(22-15-24)29(27,28)25-11-10-17-7-3-4-9-19(17)25/h3-9,12-13,15H,10-11,14H2,1-2H3. The van der Waals surface area contributed by atoms with Crippen molar-refractivity contribution in [3.63, 3.8) is 0 Å². The summed E-state index contributed by atoms with van der Waals surface area (Å²) in [4.78, 5) is 18.2. The van der Waals surface area contributed by atoms with Crippen LogP contribution in [0.3, 0.4) is 0 Å². The van der Waals surface area contributed by atoms with Gasteiger partial charge in [-0.25, -0.2) is 4.98 Å². The van der Waals surface area contributed by atoms with Gasteiger partial charge in [-0.1, -0.05) is 30.3 Å². The average molecular weight is 410 g/mol. The van der Waals surface area contributed by atoms with E-state index in [1.54, 1.807) is 18.0 Å². The maximum Gasteiger partial charge on any atom is 0.283 e. The van der Waals surface area contributed by atoms with Crippen LogP contribution in [0.25, 0.3) is 0 Å². The lowest BCUT2D eigenvalue weighted by Crippen LogP contribution is -2.30. The summed E-state index contributed by atoms with van der Waals surface area (Å²) in [6, 6.07) is 15.1. The molecule has 0 bridgehead atoms. The fourth-order valence-corrected chi connectivity index (χ4v) is 4.92. The first-order valence-corrected chi connectivity index (χ1v) is 10.8. The molecule has 0 spiro atoms. The Labute approximate surface area is 170 Å². The molecule has 150 valence electrons. The fraction of sp³-hybridized carbons (Fsp3) is 0.238. The van der Waals surface area contributed by atoms with Crippen LogP contribution < -0.4 is 9.21 Å². The molecule has 0 atom stereocenters. The summed E-state index contributed by atoms with van der Waals surface area (Å²) >= 11 is 0. The molecule has 1 aliphatic rings. The van der Waals surface area contributed by atoms with E-state index in [1.165, 1.54) is 21.4 Å². The third kappa shape index (κ3) is 3.63. The van der Waals surface area contributed by atoms with Crippen LogP contribution in [0.4, 0.5) is 11.4 Å². The molecule has 3 aromatic rings. The van der Waals surface area contributed by atoms with Gasteiger partial charge in [0, 0.05) is 25.5 Å². The second-order valence-corrected chi connectivity index (χ2v) is 8.94. The van der Waals surface area contributed by atoms with E-state index in [4.69, 9.17) is 0 Å². The molecule has 0 aliphatic carbocycles. The second kappa shape index (κ2) is 7.36. The first kappa shape index (κ1) is 19.2. The summed E-state index contributed by atoms with van der Waals surface area (Å²) in [5, 5.41) is -0.0554. The molecule has 1 amide bonds. The van der Waals surface area contributed by atoms with Crippen LogP contribution in [0.5, 0.6) is 0 Å². The minimum atomic E-state index is -3.77. The van der Waals surface area contributed by atoms with Crippen molar-refractivity contribution in [2.24, 2.45) is 0 Å². The number of rotatable bonds is 5. The van der Waals surface area contributed by atoms with Gasteiger partial charge in [-0.15, -0.1) is 0 Å². The highest BCUT2D eigenvalue weighted by Gasteiger charge is 2.32. The summed E-state index contributed by atoms with van der Waals surface area (Å²) in [6.45, 7) is 2.36. The highest BCUT2D eigenvalue weighted by molar-refractivity contribution is 7.92. The van der Waals surface area contributed by atoms with Crippen LogP contribution in [-0.4, -0.2) is 37.5 Å². The number of likely N-dealkylation sites (N-methyl/N-ethyl adjacent to an activating group) is 1. The van der Waals surface area contributed by atoms with Crippen molar-refractivity contribution in [3.05, 3.63) is 72.2 Å². The zero-order chi connectivity index (χ0) is 20.6. The summed E-state index contributed by atoms with van der Waals surface area (Å²) in [5.74, 6) is -0.163. The molecule has 0 fully saturated rings. The largest absolute Gasteiger partial charge is 0.327 e. The minimum Gasteiger partial charge on any atom is -0.327 e. The lowest BCUT2D eigenvalue weighted by atomic mass is 10.2. The van der Waals surface area contributed by atoms with E-state index in [0.717, 1.165) is 16.8 Å². The first-order valence-electron chi connectivity index (χ1n) is 9.32. The zero-order valence-electron chi connectivity index (χ0n) is 16.3. The highest BCUT2D eigenvalue weighted by atomic mass is 32.2. The Morgan fingerprint density at radius 1 is 1.17 bits per heavy atom. The number of carbonyl (C=O) groups is 1. The number of sulfonamides is 1. The van der Waals surface area contributed by atoms with Crippen LogP contribution in [0.2, 0.25) is 0 Å². The molecule has 0 saturated carbocycles. The van der Waals surface area contributed by atoms with Crippen molar-refractivity contribution < 1.29 is 13.2 Å². The number of para-hydroxylation sites is 1. The molecule has 0 radical (unpaired) electrons. The van der Waals surface area contributed by atoms with Crippen LogP contribution in [-0.2, 0) is 27.8 Å². The molecule has 2 aromatic carbocycles. The zero-order valence-corrected chi connectivity index (χ0v) is 17.1. The number of amides is 1. The predicted octanol–water partition coefficient (Wildman–Crippen LogP) is 2.61. The minimum absolute atomic E-state index is 0.00352. The Balaban J connectivity index is 1.52. The fourth-order valence-electron chi connectivity index (χ4n) is 3.47. The van der Waals surface area contributed by atoms with Crippen molar-refractivity contribution in [3.8, 4) is 0 Å². The van der Waals surface area contributed by atoms with Gasteiger partial charge in [-0.3, -0.25) is 9.10 Å². The van der Waals surface area contributed by atoms with Crippen LogP contribution >= 0.6 is 0 Å². The lowest BCUT2D eigenvalue weighted by Gasteiger charge is -2.18. The Morgan fingerprint density at radius 2 is 1.97 bits per heavy atom. The Bertz CT molecular complexity index is 1170. The molecular weight excluding hydrogens is 388 g/mol. The molecular formula is C21H22N4O3S. The first-order chi connectivity index (χ1) is 13.9. The van der Waals surface area contributed by atoms with Crippen molar-refractivity contribution >= 4 is 27.3 Å². The number of imidazole rings is 1. The Kier molecular flexibility index (Phi) is 4.87. The van der Waals surface area contributed by atoms with Crippen molar-refractivity contribution in [2.45, 2.75) is 24.9 Å². The van der Waals surface area contributed by atoms with Gasteiger partial charge in [0.1, 0.15) is 6.54 Å². The molecule has 2 heterocycles. The number of benzene rings is 2. The monoisotopic (exact) mass is 410 g/mol. The number of nitrogens with zero attached hydrogens (tertiary/aromatic N) is 4. The molecule has 8 heteroatoms. The van der Waals surface area contributed by atoms with E-state index < -0.39 is 10.0 Å². The smallest absolute Gasteiger partial charge is 0.283 e.